The van der Waals surface area contributed by atoms with Crippen molar-refractivity contribution >= 4 is 22.4 Å². The fourth-order valence-electron chi connectivity index (χ4n) is 3.00. The molecule has 23 heavy (non-hydrogen) atoms. The second kappa shape index (κ2) is 6.76. The van der Waals surface area contributed by atoms with Gasteiger partial charge < -0.3 is 5.32 Å². The third-order valence-corrected chi connectivity index (χ3v) is 4.93. The number of carbonyl (C=O) groups is 1. The van der Waals surface area contributed by atoms with Crippen molar-refractivity contribution in [2.75, 3.05) is 18.4 Å². The van der Waals surface area contributed by atoms with Crippen molar-refractivity contribution in [2.45, 2.75) is 46.2 Å². The van der Waals surface area contributed by atoms with E-state index in [2.05, 4.69) is 25.3 Å². The lowest BCUT2D eigenvalue weighted by Gasteiger charge is -2.23. The fraction of sp³-hybridized carbons (Fsp3) is 0.600. The average molecular weight is 334 g/mol. The molecule has 1 saturated heterocycles. The zero-order valence-corrected chi connectivity index (χ0v) is 14.6. The Bertz CT molecular complexity index is 694. The maximum Gasteiger partial charge on any atom is 0.240 e. The summed E-state index contributed by atoms with van der Waals surface area (Å²) in [5.74, 6) is 1.72. The predicted octanol–water partition coefficient (Wildman–Crippen LogP) is 1.76. The molecule has 0 saturated carbocycles. The number of aromatic nitrogens is 4. The van der Waals surface area contributed by atoms with Crippen LogP contribution in [0, 0.1) is 20.8 Å². The fourth-order valence-corrected chi connectivity index (χ4v) is 3.70. The first-order valence-corrected chi connectivity index (χ1v) is 8.73. The minimum atomic E-state index is -0.00209. The van der Waals surface area contributed by atoms with Gasteiger partial charge in [-0.25, -0.2) is 14.6 Å². The Balaban J connectivity index is 1.58. The molecule has 3 rings (SSSR count). The largest absolute Gasteiger partial charge is 0.301 e. The van der Waals surface area contributed by atoms with Crippen LogP contribution in [0.3, 0.4) is 0 Å². The third kappa shape index (κ3) is 3.94. The number of thiazole rings is 1. The first-order chi connectivity index (χ1) is 11.0. The normalized spacial score (nSPS) is 18.5. The van der Waals surface area contributed by atoms with Crippen LogP contribution in [-0.2, 0) is 11.3 Å². The highest BCUT2D eigenvalue weighted by Crippen LogP contribution is 2.20. The van der Waals surface area contributed by atoms with Gasteiger partial charge in [-0.1, -0.05) is 0 Å². The van der Waals surface area contributed by atoms with Crippen LogP contribution in [0.2, 0.25) is 0 Å². The lowest BCUT2D eigenvalue weighted by molar-refractivity contribution is -0.117. The Morgan fingerprint density at radius 1 is 1.39 bits per heavy atom. The smallest absolute Gasteiger partial charge is 0.240 e. The summed E-state index contributed by atoms with van der Waals surface area (Å²) in [4.78, 5) is 23.1. The van der Waals surface area contributed by atoms with E-state index in [9.17, 15) is 4.79 Å². The lowest BCUT2D eigenvalue weighted by Crippen LogP contribution is -2.39. The van der Waals surface area contributed by atoms with E-state index in [4.69, 9.17) is 0 Å². The van der Waals surface area contributed by atoms with Gasteiger partial charge in [0.05, 0.1) is 18.8 Å². The van der Waals surface area contributed by atoms with Crippen LogP contribution in [0.1, 0.15) is 30.2 Å². The summed E-state index contributed by atoms with van der Waals surface area (Å²) in [6.07, 6.45) is 2.20. The number of rotatable bonds is 5. The first-order valence-electron chi connectivity index (χ1n) is 7.85. The van der Waals surface area contributed by atoms with Crippen molar-refractivity contribution in [2.24, 2.45) is 0 Å². The summed E-state index contributed by atoms with van der Waals surface area (Å²) in [7, 11) is 0. The molecule has 3 heterocycles. The number of aryl methyl sites for hydroxylation is 3. The summed E-state index contributed by atoms with van der Waals surface area (Å²) in [5, 5.41) is 9.92. The molecule has 2 aromatic heterocycles. The Morgan fingerprint density at radius 2 is 2.22 bits per heavy atom. The molecule has 2 aromatic rings. The van der Waals surface area contributed by atoms with Crippen LogP contribution >= 0.6 is 11.3 Å². The predicted molar refractivity (Wildman–Crippen MR) is 89.6 cm³/mol. The second-order valence-electron chi connectivity index (χ2n) is 6.00. The van der Waals surface area contributed by atoms with Crippen molar-refractivity contribution in [3.05, 3.63) is 22.7 Å². The van der Waals surface area contributed by atoms with Gasteiger partial charge in [0.15, 0.2) is 5.13 Å². The summed E-state index contributed by atoms with van der Waals surface area (Å²) in [6.45, 7) is 7.93. The monoisotopic (exact) mass is 334 g/mol. The quantitative estimate of drug-likeness (QED) is 0.902. The van der Waals surface area contributed by atoms with Crippen molar-refractivity contribution in [1.82, 2.24) is 24.6 Å². The number of hydrogen-bond donors (Lipinski definition) is 1. The molecular weight excluding hydrogens is 312 g/mol. The van der Waals surface area contributed by atoms with Gasteiger partial charge in [0.2, 0.25) is 5.91 Å². The number of nitrogens with one attached hydrogen (secondary N) is 1. The lowest BCUT2D eigenvalue weighted by atomic mass is 10.2. The number of likely N-dealkylation sites (tertiary alicyclic amines) is 1. The Labute approximate surface area is 139 Å². The number of anilines is 1. The van der Waals surface area contributed by atoms with Gasteiger partial charge in [0, 0.05) is 11.4 Å². The van der Waals surface area contributed by atoms with Crippen molar-refractivity contribution in [3.8, 4) is 0 Å². The molecule has 0 aliphatic carbocycles. The molecule has 0 radical (unpaired) electrons. The Kier molecular flexibility index (Phi) is 4.72. The molecule has 1 N–H and O–H groups in total. The second-order valence-corrected chi connectivity index (χ2v) is 6.86. The summed E-state index contributed by atoms with van der Waals surface area (Å²) in [6, 6.07) is 0.332. The van der Waals surface area contributed by atoms with E-state index in [0.717, 1.165) is 43.3 Å². The molecule has 1 atom stereocenters. The maximum absolute atomic E-state index is 12.2. The molecule has 1 aliphatic rings. The third-order valence-electron chi connectivity index (χ3n) is 4.06. The van der Waals surface area contributed by atoms with Crippen molar-refractivity contribution < 1.29 is 4.79 Å². The van der Waals surface area contributed by atoms with Crippen LogP contribution < -0.4 is 5.32 Å². The maximum atomic E-state index is 12.2. The standard InChI is InChI=1S/C15H22N6OS/c1-10-9-23-15(16-10)18-14(22)8-20-6-4-5-13(20)7-21-12(3)17-11(2)19-21/h9,13H,4-8H2,1-3H3,(H,16,18,22)/t13-/m1/s1. The number of nitrogens with zero attached hydrogens (tertiary/aromatic N) is 5. The number of carbonyl (C=O) groups excluding carboxylic acids is 1. The highest BCUT2D eigenvalue weighted by Gasteiger charge is 2.27. The van der Waals surface area contributed by atoms with Gasteiger partial charge in [-0.05, 0) is 40.2 Å². The van der Waals surface area contributed by atoms with Gasteiger partial charge in [0.1, 0.15) is 11.6 Å². The first kappa shape index (κ1) is 16.1. The van der Waals surface area contributed by atoms with Crippen LogP contribution in [0.4, 0.5) is 5.13 Å². The molecular formula is C15H22N6OS. The molecule has 1 aliphatic heterocycles. The molecule has 1 fully saturated rings. The molecule has 0 spiro atoms. The van der Waals surface area contributed by atoms with Crippen LogP contribution in [-0.4, -0.2) is 49.7 Å². The van der Waals surface area contributed by atoms with Crippen LogP contribution in [0.5, 0.6) is 0 Å². The molecule has 0 bridgehead atoms. The van der Waals surface area contributed by atoms with Gasteiger partial charge in [-0.2, -0.15) is 5.10 Å². The van der Waals surface area contributed by atoms with Gasteiger partial charge >= 0.3 is 0 Å². The molecule has 0 unspecified atom stereocenters. The SMILES string of the molecule is Cc1csc(NC(=O)CN2CCC[C@@H]2Cn2nc(C)nc2C)n1. The Hall–Kier alpha value is -1.80. The Morgan fingerprint density at radius 3 is 2.87 bits per heavy atom. The van der Waals surface area contributed by atoms with Gasteiger partial charge in [-0.15, -0.1) is 11.3 Å². The number of hydrogen-bond acceptors (Lipinski definition) is 6. The van der Waals surface area contributed by atoms with Gasteiger partial charge in [0.25, 0.3) is 0 Å². The summed E-state index contributed by atoms with van der Waals surface area (Å²) < 4.78 is 1.94. The molecule has 0 aromatic carbocycles. The topological polar surface area (TPSA) is 75.9 Å². The van der Waals surface area contributed by atoms with E-state index in [1.54, 1.807) is 0 Å². The highest BCUT2D eigenvalue weighted by molar-refractivity contribution is 7.13. The minimum absolute atomic E-state index is 0.00209. The highest BCUT2D eigenvalue weighted by atomic mass is 32.1. The average Bonchev–Trinajstić information content (AvgIpc) is 3.15. The number of amides is 1. The van der Waals surface area contributed by atoms with E-state index in [0.29, 0.717) is 17.7 Å². The summed E-state index contributed by atoms with van der Waals surface area (Å²) in [5.41, 5.74) is 0.932. The van der Waals surface area contributed by atoms with E-state index >= 15 is 0 Å². The minimum Gasteiger partial charge on any atom is -0.301 e. The zero-order chi connectivity index (χ0) is 16.4. The molecule has 124 valence electrons. The molecule has 7 nitrogen and oxygen atoms in total. The van der Waals surface area contributed by atoms with Gasteiger partial charge in [-0.3, -0.25) is 9.69 Å². The van der Waals surface area contributed by atoms with Crippen molar-refractivity contribution in [1.29, 1.82) is 0 Å². The van der Waals surface area contributed by atoms with Crippen LogP contribution in [0.25, 0.3) is 0 Å². The molecule has 8 heteroatoms. The zero-order valence-electron chi connectivity index (χ0n) is 13.7. The summed E-state index contributed by atoms with van der Waals surface area (Å²) >= 11 is 1.46. The van der Waals surface area contributed by atoms with E-state index in [1.165, 1.54) is 11.3 Å². The van der Waals surface area contributed by atoms with Crippen molar-refractivity contribution in [3.63, 3.8) is 0 Å². The van der Waals surface area contributed by atoms with E-state index in [1.807, 2.05) is 30.8 Å². The van der Waals surface area contributed by atoms with E-state index in [-0.39, 0.29) is 5.91 Å². The van der Waals surface area contributed by atoms with E-state index < -0.39 is 0 Å². The van der Waals surface area contributed by atoms with Crippen LogP contribution in [0.15, 0.2) is 5.38 Å². The molecule has 1 amide bonds.